The van der Waals surface area contributed by atoms with Crippen LogP contribution in [-0.2, 0) is 4.79 Å². The molecule has 0 fully saturated rings. The molecular formula is C14H18F2O2S. The summed E-state index contributed by atoms with van der Waals surface area (Å²) < 4.78 is 26.2. The highest BCUT2D eigenvalue weighted by molar-refractivity contribution is 7.99. The first kappa shape index (κ1) is 16.0. The van der Waals surface area contributed by atoms with Crippen LogP contribution in [0.25, 0.3) is 0 Å². The predicted octanol–water partition coefficient (Wildman–Crippen LogP) is 4.34. The van der Waals surface area contributed by atoms with Crippen LogP contribution in [0.2, 0.25) is 0 Å². The molecule has 1 rings (SSSR count). The van der Waals surface area contributed by atoms with E-state index >= 15 is 0 Å². The summed E-state index contributed by atoms with van der Waals surface area (Å²) in [6.07, 6.45) is 2.11. The Balaban J connectivity index is 2.32. The predicted molar refractivity (Wildman–Crippen MR) is 72.3 cm³/mol. The number of unbranched alkanes of at least 4 members (excludes halogenated alkanes) is 1. The lowest BCUT2D eigenvalue weighted by molar-refractivity contribution is -0.147. The Kier molecular flexibility index (Phi) is 5.79. The Morgan fingerprint density at radius 2 is 2.00 bits per heavy atom. The molecule has 0 aromatic heterocycles. The minimum absolute atomic E-state index is 0.303. The lowest BCUT2D eigenvalue weighted by Gasteiger charge is -2.18. The molecule has 106 valence electrons. The van der Waals surface area contributed by atoms with E-state index in [1.165, 1.54) is 17.8 Å². The van der Waals surface area contributed by atoms with Gasteiger partial charge in [-0.3, -0.25) is 4.79 Å². The van der Waals surface area contributed by atoms with Gasteiger partial charge in [0, 0.05) is 4.90 Å². The number of hydrogen-bond acceptors (Lipinski definition) is 2. The molecule has 1 N–H and O–H groups in total. The molecule has 0 unspecified atom stereocenters. The average Bonchev–Trinajstić information content (AvgIpc) is 2.32. The summed E-state index contributed by atoms with van der Waals surface area (Å²) in [5.74, 6) is -1.03. The number of rotatable bonds is 7. The van der Waals surface area contributed by atoms with E-state index in [9.17, 15) is 13.6 Å². The maximum absolute atomic E-state index is 13.3. The molecule has 0 atom stereocenters. The summed E-state index contributed by atoms with van der Waals surface area (Å²) in [4.78, 5) is 11.2. The number of carboxylic acids is 1. The van der Waals surface area contributed by atoms with Crippen molar-refractivity contribution >= 4 is 17.7 Å². The van der Waals surface area contributed by atoms with Crippen molar-refractivity contribution in [2.75, 3.05) is 5.75 Å². The molecule has 0 radical (unpaired) electrons. The number of benzene rings is 1. The van der Waals surface area contributed by atoms with Gasteiger partial charge in [-0.1, -0.05) is 6.42 Å². The molecule has 0 aliphatic heterocycles. The van der Waals surface area contributed by atoms with Crippen molar-refractivity contribution < 1.29 is 18.7 Å². The monoisotopic (exact) mass is 288 g/mol. The summed E-state index contributed by atoms with van der Waals surface area (Å²) in [5.41, 5.74) is -0.727. The van der Waals surface area contributed by atoms with Gasteiger partial charge in [0.25, 0.3) is 0 Å². The molecule has 2 nitrogen and oxygen atoms in total. The maximum atomic E-state index is 13.3. The number of halogens is 2. The molecule has 0 saturated heterocycles. The van der Waals surface area contributed by atoms with Crippen molar-refractivity contribution in [2.24, 2.45) is 5.41 Å². The Hall–Kier alpha value is -1.10. The highest BCUT2D eigenvalue weighted by Crippen LogP contribution is 2.27. The van der Waals surface area contributed by atoms with E-state index in [1.54, 1.807) is 13.8 Å². The fourth-order valence-electron chi connectivity index (χ4n) is 1.55. The second kappa shape index (κ2) is 6.89. The standard InChI is InChI=1S/C14H18F2O2S/c1-14(2,13(17)18)7-3-4-8-19-12-9-10(15)5-6-11(12)16/h5-6,9H,3-4,7-8H2,1-2H3,(H,17,18). The molecular weight excluding hydrogens is 270 g/mol. The van der Waals surface area contributed by atoms with Crippen molar-refractivity contribution in [1.82, 2.24) is 0 Å². The first-order chi connectivity index (χ1) is 8.83. The van der Waals surface area contributed by atoms with Crippen LogP contribution in [0, 0.1) is 17.0 Å². The maximum Gasteiger partial charge on any atom is 0.309 e. The van der Waals surface area contributed by atoms with E-state index < -0.39 is 23.0 Å². The van der Waals surface area contributed by atoms with Crippen LogP contribution in [-0.4, -0.2) is 16.8 Å². The number of hydrogen-bond donors (Lipinski definition) is 1. The topological polar surface area (TPSA) is 37.3 Å². The minimum Gasteiger partial charge on any atom is -0.481 e. The third-order valence-corrected chi connectivity index (χ3v) is 4.04. The van der Waals surface area contributed by atoms with Gasteiger partial charge in [0.05, 0.1) is 5.41 Å². The number of carboxylic acid groups (broad SMARTS) is 1. The third-order valence-electron chi connectivity index (χ3n) is 2.93. The van der Waals surface area contributed by atoms with Crippen LogP contribution in [0.1, 0.15) is 33.1 Å². The van der Waals surface area contributed by atoms with E-state index in [4.69, 9.17) is 5.11 Å². The first-order valence-electron chi connectivity index (χ1n) is 6.14. The van der Waals surface area contributed by atoms with Gasteiger partial charge >= 0.3 is 5.97 Å². The van der Waals surface area contributed by atoms with E-state index in [0.717, 1.165) is 25.0 Å². The van der Waals surface area contributed by atoms with Gasteiger partial charge in [-0.25, -0.2) is 8.78 Å². The number of carbonyl (C=O) groups is 1. The summed E-state index contributed by atoms with van der Waals surface area (Å²) in [6.45, 7) is 3.38. The van der Waals surface area contributed by atoms with Crippen molar-refractivity contribution in [3.8, 4) is 0 Å². The van der Waals surface area contributed by atoms with E-state index in [1.807, 2.05) is 0 Å². The van der Waals surface area contributed by atoms with Gasteiger partial charge in [0.2, 0.25) is 0 Å². The van der Waals surface area contributed by atoms with Crippen molar-refractivity contribution in [1.29, 1.82) is 0 Å². The second-order valence-electron chi connectivity index (χ2n) is 5.07. The molecule has 0 spiro atoms. The molecule has 0 heterocycles. The van der Waals surface area contributed by atoms with E-state index in [0.29, 0.717) is 17.1 Å². The van der Waals surface area contributed by atoms with Crippen LogP contribution in [0.3, 0.4) is 0 Å². The fraction of sp³-hybridized carbons (Fsp3) is 0.500. The zero-order valence-electron chi connectivity index (χ0n) is 11.1. The Labute approximate surface area is 116 Å². The van der Waals surface area contributed by atoms with Gasteiger partial charge in [0.1, 0.15) is 11.6 Å². The van der Waals surface area contributed by atoms with Crippen LogP contribution in [0.5, 0.6) is 0 Å². The number of aliphatic carboxylic acids is 1. The Morgan fingerprint density at radius 1 is 1.32 bits per heavy atom. The molecule has 0 aliphatic carbocycles. The normalized spacial score (nSPS) is 11.6. The smallest absolute Gasteiger partial charge is 0.309 e. The van der Waals surface area contributed by atoms with Gasteiger partial charge < -0.3 is 5.11 Å². The molecule has 1 aromatic rings. The lowest BCUT2D eigenvalue weighted by atomic mass is 9.88. The van der Waals surface area contributed by atoms with Crippen molar-refractivity contribution in [3.63, 3.8) is 0 Å². The Bertz CT molecular complexity index is 447. The zero-order valence-corrected chi connectivity index (χ0v) is 11.9. The van der Waals surface area contributed by atoms with Crippen LogP contribution < -0.4 is 0 Å². The molecule has 19 heavy (non-hydrogen) atoms. The first-order valence-corrected chi connectivity index (χ1v) is 7.13. The van der Waals surface area contributed by atoms with Gasteiger partial charge in [-0.15, -0.1) is 11.8 Å². The zero-order chi connectivity index (χ0) is 14.5. The van der Waals surface area contributed by atoms with Crippen LogP contribution in [0.4, 0.5) is 8.78 Å². The summed E-state index contributed by atoms with van der Waals surface area (Å²) in [6, 6.07) is 3.39. The molecule has 0 aliphatic rings. The summed E-state index contributed by atoms with van der Waals surface area (Å²) in [5, 5.41) is 8.95. The lowest BCUT2D eigenvalue weighted by Crippen LogP contribution is -2.23. The van der Waals surface area contributed by atoms with Crippen molar-refractivity contribution in [2.45, 2.75) is 38.0 Å². The Morgan fingerprint density at radius 3 is 2.63 bits per heavy atom. The molecule has 5 heteroatoms. The van der Waals surface area contributed by atoms with E-state index in [-0.39, 0.29) is 0 Å². The summed E-state index contributed by atoms with van der Waals surface area (Å²) >= 11 is 1.26. The minimum atomic E-state index is -0.809. The van der Waals surface area contributed by atoms with Crippen molar-refractivity contribution in [3.05, 3.63) is 29.8 Å². The largest absolute Gasteiger partial charge is 0.481 e. The highest BCUT2D eigenvalue weighted by Gasteiger charge is 2.25. The van der Waals surface area contributed by atoms with Gasteiger partial charge in [-0.2, -0.15) is 0 Å². The highest BCUT2D eigenvalue weighted by atomic mass is 32.2. The average molecular weight is 288 g/mol. The SMILES string of the molecule is CC(C)(CCCCSc1cc(F)ccc1F)C(=O)O. The van der Waals surface area contributed by atoms with Crippen LogP contribution in [0.15, 0.2) is 23.1 Å². The molecule has 0 saturated carbocycles. The van der Waals surface area contributed by atoms with Gasteiger partial charge in [0.15, 0.2) is 0 Å². The van der Waals surface area contributed by atoms with E-state index in [2.05, 4.69) is 0 Å². The quantitative estimate of drug-likeness (QED) is 0.599. The second-order valence-corrected chi connectivity index (χ2v) is 6.21. The molecule has 1 aromatic carbocycles. The van der Waals surface area contributed by atoms with Crippen LogP contribution >= 0.6 is 11.8 Å². The fourth-order valence-corrected chi connectivity index (χ4v) is 2.52. The third kappa shape index (κ3) is 5.19. The molecule has 0 amide bonds. The van der Waals surface area contributed by atoms with Gasteiger partial charge in [-0.05, 0) is 50.6 Å². The number of thioether (sulfide) groups is 1. The molecule has 0 bridgehead atoms. The summed E-state index contributed by atoms with van der Waals surface area (Å²) in [7, 11) is 0.